The molecule has 3 aromatic rings. The number of halogens is 1. The second-order valence-corrected chi connectivity index (χ2v) is 6.93. The Morgan fingerprint density at radius 2 is 1.66 bits per heavy atom. The summed E-state index contributed by atoms with van der Waals surface area (Å²) < 4.78 is 6.05. The van der Waals surface area contributed by atoms with E-state index in [9.17, 15) is 9.59 Å². The molecule has 0 fully saturated rings. The average molecular weight is 452 g/mol. The van der Waals surface area contributed by atoms with Crippen LogP contribution in [0.3, 0.4) is 0 Å². The number of hydrazone groups is 1. The van der Waals surface area contributed by atoms with Crippen molar-refractivity contribution in [2.75, 3.05) is 12.4 Å². The highest BCUT2D eigenvalue weighted by molar-refractivity contribution is 9.10. The number of amides is 2. The van der Waals surface area contributed by atoms with E-state index in [0.29, 0.717) is 22.6 Å². The fourth-order valence-corrected chi connectivity index (χ4v) is 2.73. The SMILES string of the molecule is COc1ccc(C(=O)Nc2cccc(C(=O)N/N=C/c3ccc(Br)cc3)c2)cc1. The quantitative estimate of drug-likeness (QED) is 0.428. The number of methoxy groups -OCH3 is 1. The number of benzene rings is 3. The Hall–Kier alpha value is -3.45. The molecule has 2 N–H and O–H groups in total. The summed E-state index contributed by atoms with van der Waals surface area (Å²) in [5.41, 5.74) is 4.71. The Morgan fingerprint density at radius 1 is 0.931 bits per heavy atom. The van der Waals surface area contributed by atoms with Crippen LogP contribution in [0.2, 0.25) is 0 Å². The van der Waals surface area contributed by atoms with Crippen LogP contribution in [0.15, 0.2) is 82.4 Å². The van der Waals surface area contributed by atoms with Crippen LogP contribution in [0, 0.1) is 0 Å². The predicted octanol–water partition coefficient (Wildman–Crippen LogP) is 4.47. The topological polar surface area (TPSA) is 79.8 Å². The number of anilines is 1. The average Bonchev–Trinajstić information content (AvgIpc) is 2.75. The van der Waals surface area contributed by atoms with E-state index < -0.39 is 0 Å². The van der Waals surface area contributed by atoms with Gasteiger partial charge < -0.3 is 10.1 Å². The van der Waals surface area contributed by atoms with Crippen LogP contribution in [0.4, 0.5) is 5.69 Å². The van der Waals surface area contributed by atoms with Gasteiger partial charge in [-0.25, -0.2) is 5.43 Å². The van der Waals surface area contributed by atoms with E-state index >= 15 is 0 Å². The molecule has 0 heterocycles. The van der Waals surface area contributed by atoms with Gasteiger partial charge in [0.25, 0.3) is 11.8 Å². The highest BCUT2D eigenvalue weighted by atomic mass is 79.9. The zero-order valence-corrected chi connectivity index (χ0v) is 17.1. The maximum absolute atomic E-state index is 12.4. The first-order valence-corrected chi connectivity index (χ1v) is 9.49. The number of ether oxygens (including phenoxy) is 1. The molecule has 0 bridgehead atoms. The number of rotatable bonds is 6. The molecule has 146 valence electrons. The molecule has 3 rings (SSSR count). The van der Waals surface area contributed by atoms with E-state index in [0.717, 1.165) is 10.0 Å². The summed E-state index contributed by atoms with van der Waals surface area (Å²) in [5, 5.41) is 6.74. The minimum Gasteiger partial charge on any atom is -0.497 e. The van der Waals surface area contributed by atoms with Gasteiger partial charge in [-0.1, -0.05) is 34.1 Å². The normalized spacial score (nSPS) is 10.6. The molecule has 0 aliphatic heterocycles. The van der Waals surface area contributed by atoms with Gasteiger partial charge in [-0.15, -0.1) is 0 Å². The van der Waals surface area contributed by atoms with Gasteiger partial charge in [-0.2, -0.15) is 5.10 Å². The third kappa shape index (κ3) is 5.76. The van der Waals surface area contributed by atoms with Gasteiger partial charge >= 0.3 is 0 Å². The molecule has 0 aliphatic rings. The van der Waals surface area contributed by atoms with Crippen LogP contribution in [0.1, 0.15) is 26.3 Å². The third-order valence-electron chi connectivity index (χ3n) is 3.98. The zero-order chi connectivity index (χ0) is 20.6. The Morgan fingerprint density at radius 3 is 2.34 bits per heavy atom. The number of nitrogens with zero attached hydrogens (tertiary/aromatic N) is 1. The lowest BCUT2D eigenvalue weighted by Gasteiger charge is -2.07. The highest BCUT2D eigenvalue weighted by Crippen LogP contribution is 2.15. The lowest BCUT2D eigenvalue weighted by molar-refractivity contribution is 0.0953. The van der Waals surface area contributed by atoms with Crippen molar-refractivity contribution in [3.63, 3.8) is 0 Å². The summed E-state index contributed by atoms with van der Waals surface area (Å²) in [4.78, 5) is 24.7. The molecular weight excluding hydrogens is 434 g/mol. The summed E-state index contributed by atoms with van der Waals surface area (Å²) in [6.45, 7) is 0. The summed E-state index contributed by atoms with van der Waals surface area (Å²) in [6.07, 6.45) is 1.56. The Kier molecular flexibility index (Phi) is 6.76. The van der Waals surface area contributed by atoms with Gasteiger partial charge in [0.2, 0.25) is 0 Å². The van der Waals surface area contributed by atoms with Crippen molar-refractivity contribution >= 4 is 39.6 Å². The molecule has 3 aromatic carbocycles. The number of carbonyl (C=O) groups is 2. The first kappa shape index (κ1) is 20.3. The Balaban J connectivity index is 1.62. The molecule has 0 atom stereocenters. The van der Waals surface area contributed by atoms with Crippen LogP contribution in [-0.4, -0.2) is 25.1 Å². The van der Waals surface area contributed by atoms with Crippen LogP contribution < -0.4 is 15.5 Å². The summed E-state index contributed by atoms with van der Waals surface area (Å²) in [6, 6.07) is 20.9. The van der Waals surface area contributed by atoms with Gasteiger partial charge in [0.1, 0.15) is 5.75 Å². The van der Waals surface area contributed by atoms with E-state index in [-0.39, 0.29) is 11.8 Å². The van der Waals surface area contributed by atoms with Crippen molar-refractivity contribution in [1.82, 2.24) is 5.43 Å². The van der Waals surface area contributed by atoms with Crippen molar-refractivity contribution in [2.45, 2.75) is 0 Å². The molecule has 6 nitrogen and oxygen atoms in total. The standard InChI is InChI=1S/C22H18BrN3O3/c1-29-20-11-7-16(8-12-20)21(27)25-19-4-2-3-17(13-19)22(28)26-24-14-15-5-9-18(23)10-6-15/h2-14H,1H3,(H,25,27)(H,26,28)/b24-14+. The first-order valence-electron chi connectivity index (χ1n) is 8.69. The lowest BCUT2D eigenvalue weighted by Crippen LogP contribution is -2.18. The molecule has 0 radical (unpaired) electrons. The molecule has 0 spiro atoms. The summed E-state index contributed by atoms with van der Waals surface area (Å²) in [7, 11) is 1.56. The zero-order valence-electron chi connectivity index (χ0n) is 15.6. The Bertz CT molecular complexity index is 1030. The van der Waals surface area contributed by atoms with E-state index in [1.165, 1.54) is 0 Å². The largest absolute Gasteiger partial charge is 0.497 e. The van der Waals surface area contributed by atoms with Gasteiger partial charge in [-0.3, -0.25) is 9.59 Å². The molecule has 2 amide bonds. The number of hydrogen-bond donors (Lipinski definition) is 2. The van der Waals surface area contributed by atoms with Crippen LogP contribution in [0.5, 0.6) is 5.75 Å². The molecule has 0 saturated carbocycles. The molecule has 7 heteroatoms. The van der Waals surface area contributed by atoms with E-state index in [1.807, 2.05) is 24.3 Å². The van der Waals surface area contributed by atoms with Crippen LogP contribution in [-0.2, 0) is 0 Å². The van der Waals surface area contributed by atoms with Crippen molar-refractivity contribution in [2.24, 2.45) is 5.10 Å². The molecule has 0 unspecified atom stereocenters. The van der Waals surface area contributed by atoms with Gasteiger partial charge in [-0.05, 0) is 60.2 Å². The van der Waals surface area contributed by atoms with E-state index in [1.54, 1.807) is 61.9 Å². The minimum absolute atomic E-state index is 0.279. The second kappa shape index (κ2) is 9.66. The maximum atomic E-state index is 12.4. The fraction of sp³-hybridized carbons (Fsp3) is 0.0455. The monoisotopic (exact) mass is 451 g/mol. The van der Waals surface area contributed by atoms with Crippen molar-refractivity contribution in [1.29, 1.82) is 0 Å². The fourth-order valence-electron chi connectivity index (χ4n) is 2.46. The molecular formula is C22H18BrN3O3. The molecule has 0 aliphatic carbocycles. The summed E-state index contributed by atoms with van der Waals surface area (Å²) >= 11 is 3.36. The van der Waals surface area contributed by atoms with E-state index in [4.69, 9.17) is 4.74 Å². The maximum Gasteiger partial charge on any atom is 0.271 e. The van der Waals surface area contributed by atoms with Gasteiger partial charge in [0.15, 0.2) is 0 Å². The molecule has 0 saturated heterocycles. The number of carbonyl (C=O) groups excluding carboxylic acids is 2. The van der Waals surface area contributed by atoms with Crippen molar-refractivity contribution in [3.8, 4) is 5.75 Å². The molecule has 0 aromatic heterocycles. The second-order valence-electron chi connectivity index (χ2n) is 6.01. The van der Waals surface area contributed by atoms with Crippen LogP contribution >= 0.6 is 15.9 Å². The molecule has 29 heavy (non-hydrogen) atoms. The third-order valence-corrected chi connectivity index (χ3v) is 4.51. The van der Waals surface area contributed by atoms with E-state index in [2.05, 4.69) is 31.8 Å². The lowest BCUT2D eigenvalue weighted by atomic mass is 10.1. The van der Waals surface area contributed by atoms with Crippen molar-refractivity contribution < 1.29 is 14.3 Å². The highest BCUT2D eigenvalue weighted by Gasteiger charge is 2.09. The predicted molar refractivity (Wildman–Crippen MR) is 117 cm³/mol. The van der Waals surface area contributed by atoms with Crippen molar-refractivity contribution in [3.05, 3.63) is 94.0 Å². The number of nitrogens with one attached hydrogen (secondary N) is 2. The van der Waals surface area contributed by atoms with Gasteiger partial charge in [0, 0.05) is 21.3 Å². The van der Waals surface area contributed by atoms with Gasteiger partial charge in [0.05, 0.1) is 13.3 Å². The smallest absolute Gasteiger partial charge is 0.271 e. The minimum atomic E-state index is -0.376. The first-order chi connectivity index (χ1) is 14.0. The Labute approximate surface area is 176 Å². The summed E-state index contributed by atoms with van der Waals surface area (Å²) in [5.74, 6) is 0.0151. The van der Waals surface area contributed by atoms with Crippen LogP contribution in [0.25, 0.3) is 0 Å². The number of hydrogen-bond acceptors (Lipinski definition) is 4.